The van der Waals surface area contributed by atoms with Crippen LogP contribution in [0.1, 0.15) is 24.4 Å². The number of imidazole rings is 1. The minimum absolute atomic E-state index is 0.538. The molecule has 0 atom stereocenters. The van der Waals surface area contributed by atoms with E-state index in [9.17, 15) is 0 Å². The van der Waals surface area contributed by atoms with Gasteiger partial charge in [0.15, 0.2) is 0 Å². The first-order valence-electron chi connectivity index (χ1n) is 6.85. The molecule has 0 spiro atoms. The van der Waals surface area contributed by atoms with Crippen LogP contribution in [0.4, 0.5) is 0 Å². The van der Waals surface area contributed by atoms with E-state index in [0.717, 1.165) is 39.9 Å². The van der Waals surface area contributed by atoms with Crippen molar-refractivity contribution in [1.82, 2.24) is 14.5 Å². The van der Waals surface area contributed by atoms with Gasteiger partial charge in [-0.1, -0.05) is 22.9 Å². The summed E-state index contributed by atoms with van der Waals surface area (Å²) in [7, 11) is 0. The number of rotatable bonds is 5. The summed E-state index contributed by atoms with van der Waals surface area (Å²) in [5.41, 5.74) is 2.02. The Balaban J connectivity index is 2.05. The third kappa shape index (κ3) is 2.99. The summed E-state index contributed by atoms with van der Waals surface area (Å²) in [5, 5.41) is 0. The number of aromatic nitrogens is 3. The van der Waals surface area contributed by atoms with Crippen LogP contribution in [0.5, 0.6) is 0 Å². The molecule has 21 heavy (non-hydrogen) atoms. The lowest BCUT2D eigenvalue weighted by molar-refractivity contribution is 0.445. The molecule has 6 heteroatoms. The average molecular weight is 369 g/mol. The molecule has 2 aromatic heterocycles. The molecule has 0 saturated heterocycles. The number of fused-ring (bicyclic) bond motifs is 1. The molecule has 0 aliphatic rings. The number of hydrogen-bond donors (Lipinski definition) is 0. The van der Waals surface area contributed by atoms with E-state index in [4.69, 9.17) is 16.0 Å². The summed E-state index contributed by atoms with van der Waals surface area (Å²) in [6.07, 6.45) is 3.35. The number of alkyl halides is 1. The number of nitrogens with zero attached hydrogens (tertiary/aromatic N) is 3. The van der Waals surface area contributed by atoms with Crippen molar-refractivity contribution in [2.24, 2.45) is 0 Å². The normalized spacial score (nSPS) is 11.4. The lowest BCUT2D eigenvalue weighted by Gasteiger charge is -2.06. The summed E-state index contributed by atoms with van der Waals surface area (Å²) in [6.45, 7) is 2.62. The van der Waals surface area contributed by atoms with Crippen molar-refractivity contribution in [2.45, 2.75) is 26.3 Å². The van der Waals surface area contributed by atoms with Crippen LogP contribution in [0.2, 0.25) is 0 Å². The van der Waals surface area contributed by atoms with E-state index >= 15 is 0 Å². The second kappa shape index (κ2) is 6.20. The zero-order chi connectivity index (χ0) is 14.8. The van der Waals surface area contributed by atoms with Gasteiger partial charge in [0.25, 0.3) is 0 Å². The number of hydrogen-bond acceptors (Lipinski definition) is 3. The molecule has 0 amide bonds. The van der Waals surface area contributed by atoms with Crippen LogP contribution in [-0.2, 0) is 19.4 Å². The molecule has 1 aromatic carbocycles. The second-order valence-electron chi connectivity index (χ2n) is 4.76. The van der Waals surface area contributed by atoms with Gasteiger partial charge in [-0.25, -0.2) is 9.97 Å². The highest BCUT2D eigenvalue weighted by Crippen LogP contribution is 2.23. The molecular weight excluding hydrogens is 354 g/mol. The molecule has 0 N–H and O–H groups in total. The van der Waals surface area contributed by atoms with E-state index in [1.807, 2.05) is 19.1 Å². The third-order valence-corrected chi connectivity index (χ3v) is 4.03. The predicted octanol–water partition coefficient (Wildman–Crippen LogP) is 4.18. The van der Waals surface area contributed by atoms with Crippen LogP contribution in [0.15, 0.2) is 33.3 Å². The van der Waals surface area contributed by atoms with Gasteiger partial charge in [-0.2, -0.15) is 0 Å². The fourth-order valence-corrected chi connectivity index (χ4v) is 2.84. The summed E-state index contributed by atoms with van der Waals surface area (Å²) in [4.78, 5) is 8.99. The molecule has 0 fully saturated rings. The lowest BCUT2D eigenvalue weighted by Crippen LogP contribution is -2.06. The van der Waals surface area contributed by atoms with Gasteiger partial charge in [-0.3, -0.25) is 0 Å². The third-order valence-electron chi connectivity index (χ3n) is 3.35. The molecule has 0 radical (unpaired) electrons. The zero-order valence-corrected chi connectivity index (χ0v) is 14.0. The zero-order valence-electron chi connectivity index (χ0n) is 11.6. The maximum atomic E-state index is 5.89. The van der Waals surface area contributed by atoms with Crippen molar-refractivity contribution in [3.8, 4) is 0 Å². The van der Waals surface area contributed by atoms with E-state index in [0.29, 0.717) is 18.3 Å². The lowest BCUT2D eigenvalue weighted by atomic mass is 10.3. The van der Waals surface area contributed by atoms with Gasteiger partial charge < -0.3 is 8.98 Å². The highest BCUT2D eigenvalue weighted by Gasteiger charge is 2.13. The fraction of sp³-hybridized carbons (Fsp3) is 0.333. The molecule has 110 valence electrons. The van der Waals surface area contributed by atoms with Crippen molar-refractivity contribution < 1.29 is 4.42 Å². The Morgan fingerprint density at radius 3 is 2.95 bits per heavy atom. The number of oxazole rings is 1. The second-order valence-corrected chi connectivity index (χ2v) is 6.05. The Labute approximate surface area is 136 Å². The minimum atomic E-state index is 0.538. The Hall–Kier alpha value is -1.33. The van der Waals surface area contributed by atoms with Crippen LogP contribution in [0.3, 0.4) is 0 Å². The van der Waals surface area contributed by atoms with E-state index in [1.165, 1.54) is 0 Å². The van der Waals surface area contributed by atoms with Crippen LogP contribution < -0.4 is 0 Å². The van der Waals surface area contributed by atoms with Gasteiger partial charge in [0.05, 0.1) is 17.2 Å². The van der Waals surface area contributed by atoms with Gasteiger partial charge in [0.2, 0.25) is 5.89 Å². The van der Waals surface area contributed by atoms with Gasteiger partial charge in [0.1, 0.15) is 18.1 Å². The molecule has 0 saturated carbocycles. The highest BCUT2D eigenvalue weighted by atomic mass is 79.9. The van der Waals surface area contributed by atoms with Crippen LogP contribution >= 0.6 is 27.5 Å². The predicted molar refractivity (Wildman–Crippen MR) is 86.8 cm³/mol. The van der Waals surface area contributed by atoms with E-state index in [-0.39, 0.29) is 0 Å². The maximum Gasteiger partial charge on any atom is 0.214 e. The van der Waals surface area contributed by atoms with Crippen molar-refractivity contribution in [1.29, 1.82) is 0 Å². The molecule has 0 aliphatic heterocycles. The minimum Gasteiger partial charge on any atom is -0.444 e. The first-order chi connectivity index (χ1) is 10.2. The largest absolute Gasteiger partial charge is 0.444 e. The molecule has 2 heterocycles. The van der Waals surface area contributed by atoms with Gasteiger partial charge in [-0.15, -0.1) is 11.6 Å². The Morgan fingerprint density at radius 2 is 2.24 bits per heavy atom. The number of halogens is 2. The smallest absolute Gasteiger partial charge is 0.214 e. The van der Waals surface area contributed by atoms with Crippen molar-refractivity contribution in [3.05, 3.63) is 46.3 Å². The molecule has 3 rings (SSSR count). The summed E-state index contributed by atoms with van der Waals surface area (Å²) in [5.74, 6) is 3.09. The Bertz CT molecular complexity index is 765. The monoisotopic (exact) mass is 367 g/mol. The molecule has 0 aliphatic carbocycles. The van der Waals surface area contributed by atoms with Gasteiger partial charge in [-0.05, 0) is 18.2 Å². The van der Waals surface area contributed by atoms with E-state index in [2.05, 4.69) is 36.5 Å². The van der Waals surface area contributed by atoms with Crippen molar-refractivity contribution in [2.75, 3.05) is 5.88 Å². The quantitative estimate of drug-likeness (QED) is 0.635. The standard InChI is InChI=1S/C15H15BrClN3O/c1-2-11-8-18-15(21-11)9-20-13-7-10(16)3-4-12(13)19-14(20)5-6-17/h3-4,7-8H,2,5-6,9H2,1H3. The molecule has 0 unspecified atom stereocenters. The Morgan fingerprint density at radius 1 is 1.38 bits per heavy atom. The molecule has 4 nitrogen and oxygen atoms in total. The van der Waals surface area contributed by atoms with E-state index < -0.39 is 0 Å². The van der Waals surface area contributed by atoms with E-state index in [1.54, 1.807) is 6.20 Å². The topological polar surface area (TPSA) is 43.9 Å². The van der Waals surface area contributed by atoms with Crippen molar-refractivity contribution >= 4 is 38.6 Å². The number of benzene rings is 1. The van der Waals surface area contributed by atoms with Crippen LogP contribution in [-0.4, -0.2) is 20.4 Å². The fourth-order valence-electron chi connectivity index (χ4n) is 2.32. The maximum absolute atomic E-state index is 5.89. The molecule has 0 bridgehead atoms. The summed E-state index contributed by atoms with van der Waals surface area (Å²) in [6, 6.07) is 6.05. The average Bonchev–Trinajstić information content (AvgIpc) is 3.06. The van der Waals surface area contributed by atoms with Crippen molar-refractivity contribution in [3.63, 3.8) is 0 Å². The number of aryl methyl sites for hydroxylation is 2. The molecular formula is C15H15BrClN3O. The molecule has 3 aromatic rings. The van der Waals surface area contributed by atoms with Crippen LogP contribution in [0, 0.1) is 0 Å². The van der Waals surface area contributed by atoms with Gasteiger partial charge in [0, 0.05) is 23.2 Å². The highest BCUT2D eigenvalue weighted by molar-refractivity contribution is 9.10. The summed E-state index contributed by atoms with van der Waals surface area (Å²) < 4.78 is 8.86. The Kier molecular flexibility index (Phi) is 4.31. The first-order valence-corrected chi connectivity index (χ1v) is 8.18. The van der Waals surface area contributed by atoms with Gasteiger partial charge >= 0.3 is 0 Å². The summed E-state index contributed by atoms with van der Waals surface area (Å²) >= 11 is 9.40. The van der Waals surface area contributed by atoms with Crippen LogP contribution in [0.25, 0.3) is 11.0 Å². The first kappa shape index (κ1) is 14.6. The SMILES string of the molecule is CCc1cnc(Cn2c(CCCl)nc3ccc(Br)cc32)o1.